The summed E-state index contributed by atoms with van der Waals surface area (Å²) in [4.78, 5) is 14.6. The van der Waals surface area contributed by atoms with Crippen LogP contribution in [0.4, 0.5) is 0 Å². The number of fused-ring (bicyclic) bond motifs is 2. The molecule has 1 aromatic rings. The fraction of sp³-hybridized carbons (Fsp3) is 0.533. The Balaban J connectivity index is 1.54. The minimum Gasteiger partial charge on any atom is -0.493 e. The summed E-state index contributed by atoms with van der Waals surface area (Å²) in [5.41, 5.74) is 1.99. The zero-order chi connectivity index (χ0) is 12.8. The number of hydrogen-bond donors (Lipinski definition) is 1. The highest BCUT2D eigenvalue weighted by Gasteiger charge is 2.38. The number of nitrogens with zero attached hydrogens (tertiary/aromatic N) is 1. The maximum absolute atomic E-state index is 12.5. The first-order valence-electron chi connectivity index (χ1n) is 7.07. The number of carbonyl (C=O) groups excluding carboxylic acids is 1. The van der Waals surface area contributed by atoms with E-state index >= 15 is 0 Å². The Morgan fingerprint density at radius 3 is 2.84 bits per heavy atom. The molecule has 0 aromatic heterocycles. The highest BCUT2D eigenvalue weighted by atomic mass is 16.5. The number of rotatable bonds is 1. The van der Waals surface area contributed by atoms with E-state index in [9.17, 15) is 4.79 Å². The SMILES string of the molecule is O=C(c1ccc2c(c1)CCO2)N1C[C@H]2CNC[C@H]2C1. The van der Waals surface area contributed by atoms with E-state index in [1.54, 1.807) is 0 Å². The van der Waals surface area contributed by atoms with Gasteiger partial charge in [-0.1, -0.05) is 0 Å². The predicted molar refractivity (Wildman–Crippen MR) is 71.4 cm³/mol. The molecule has 4 nitrogen and oxygen atoms in total. The van der Waals surface area contributed by atoms with Gasteiger partial charge in [0.25, 0.3) is 5.91 Å². The van der Waals surface area contributed by atoms with Gasteiger partial charge in [-0.05, 0) is 35.6 Å². The van der Waals surface area contributed by atoms with Crippen LogP contribution >= 0.6 is 0 Å². The summed E-state index contributed by atoms with van der Waals surface area (Å²) in [7, 11) is 0. The molecule has 0 bridgehead atoms. The monoisotopic (exact) mass is 258 g/mol. The van der Waals surface area contributed by atoms with E-state index in [4.69, 9.17) is 4.74 Å². The molecule has 0 spiro atoms. The van der Waals surface area contributed by atoms with Gasteiger partial charge in [-0.3, -0.25) is 4.79 Å². The number of hydrogen-bond acceptors (Lipinski definition) is 3. The lowest BCUT2D eigenvalue weighted by Gasteiger charge is -2.17. The maximum atomic E-state index is 12.5. The molecule has 0 aliphatic carbocycles. The number of benzene rings is 1. The van der Waals surface area contributed by atoms with Crippen LogP contribution in [0.15, 0.2) is 18.2 Å². The molecule has 19 heavy (non-hydrogen) atoms. The third-order valence-corrected chi connectivity index (χ3v) is 4.61. The molecule has 3 heterocycles. The lowest BCUT2D eigenvalue weighted by molar-refractivity contribution is 0.0781. The second kappa shape index (κ2) is 4.23. The molecule has 2 saturated heterocycles. The van der Waals surface area contributed by atoms with Crippen LogP contribution in [0.2, 0.25) is 0 Å². The molecule has 3 aliphatic rings. The second-order valence-corrected chi connectivity index (χ2v) is 5.81. The number of nitrogens with one attached hydrogen (secondary N) is 1. The fourth-order valence-electron chi connectivity index (χ4n) is 3.52. The van der Waals surface area contributed by atoms with Crippen molar-refractivity contribution in [3.05, 3.63) is 29.3 Å². The van der Waals surface area contributed by atoms with Gasteiger partial charge in [-0.25, -0.2) is 0 Å². The van der Waals surface area contributed by atoms with Crippen LogP contribution in [-0.2, 0) is 6.42 Å². The highest BCUT2D eigenvalue weighted by molar-refractivity contribution is 5.95. The molecule has 4 rings (SSSR count). The zero-order valence-corrected chi connectivity index (χ0v) is 10.9. The van der Waals surface area contributed by atoms with Gasteiger partial charge >= 0.3 is 0 Å². The quantitative estimate of drug-likeness (QED) is 0.814. The van der Waals surface area contributed by atoms with Gasteiger partial charge < -0.3 is 15.0 Å². The van der Waals surface area contributed by atoms with Gasteiger partial charge in [0.05, 0.1) is 6.61 Å². The highest BCUT2D eigenvalue weighted by Crippen LogP contribution is 2.30. The Hall–Kier alpha value is -1.55. The molecule has 0 radical (unpaired) electrons. The molecule has 3 aliphatic heterocycles. The van der Waals surface area contributed by atoms with Crippen molar-refractivity contribution in [2.45, 2.75) is 6.42 Å². The van der Waals surface area contributed by atoms with Crippen LogP contribution in [0, 0.1) is 11.8 Å². The molecule has 4 heteroatoms. The summed E-state index contributed by atoms with van der Waals surface area (Å²) in [6, 6.07) is 5.85. The fourth-order valence-corrected chi connectivity index (χ4v) is 3.52. The molecule has 0 saturated carbocycles. The van der Waals surface area contributed by atoms with Crippen molar-refractivity contribution >= 4 is 5.91 Å². The van der Waals surface area contributed by atoms with E-state index in [1.807, 2.05) is 23.1 Å². The lowest BCUT2D eigenvalue weighted by Crippen LogP contribution is -2.31. The van der Waals surface area contributed by atoms with Crippen LogP contribution in [-0.4, -0.2) is 43.6 Å². The summed E-state index contributed by atoms with van der Waals surface area (Å²) in [6.45, 7) is 4.68. The van der Waals surface area contributed by atoms with E-state index in [0.717, 1.165) is 50.5 Å². The van der Waals surface area contributed by atoms with E-state index in [1.165, 1.54) is 5.56 Å². The van der Waals surface area contributed by atoms with Gasteiger partial charge in [0.2, 0.25) is 0 Å². The molecule has 0 unspecified atom stereocenters. The van der Waals surface area contributed by atoms with Crippen molar-refractivity contribution in [1.82, 2.24) is 10.2 Å². The third kappa shape index (κ3) is 1.82. The Morgan fingerprint density at radius 1 is 1.26 bits per heavy atom. The van der Waals surface area contributed by atoms with Gasteiger partial charge in [-0.15, -0.1) is 0 Å². The summed E-state index contributed by atoms with van der Waals surface area (Å²) in [6.07, 6.45) is 0.922. The summed E-state index contributed by atoms with van der Waals surface area (Å²) < 4.78 is 5.49. The van der Waals surface area contributed by atoms with Gasteiger partial charge in [0, 0.05) is 38.2 Å². The molecular weight excluding hydrogens is 240 g/mol. The number of likely N-dealkylation sites (tertiary alicyclic amines) is 1. The first-order valence-corrected chi connectivity index (χ1v) is 7.07. The molecule has 1 N–H and O–H groups in total. The minimum absolute atomic E-state index is 0.184. The Bertz CT molecular complexity index is 517. The Labute approximate surface area is 112 Å². The second-order valence-electron chi connectivity index (χ2n) is 5.81. The summed E-state index contributed by atoms with van der Waals surface area (Å²) >= 11 is 0. The van der Waals surface area contributed by atoms with E-state index in [-0.39, 0.29) is 5.91 Å². The van der Waals surface area contributed by atoms with E-state index in [0.29, 0.717) is 11.8 Å². The minimum atomic E-state index is 0.184. The van der Waals surface area contributed by atoms with Crippen molar-refractivity contribution in [3.8, 4) is 5.75 Å². The predicted octanol–water partition coefficient (Wildman–Crippen LogP) is 0.913. The first kappa shape index (κ1) is 11.3. The lowest BCUT2D eigenvalue weighted by atomic mass is 10.0. The van der Waals surface area contributed by atoms with Gasteiger partial charge in [0.15, 0.2) is 0 Å². The van der Waals surface area contributed by atoms with Gasteiger partial charge in [-0.2, -0.15) is 0 Å². The summed E-state index contributed by atoms with van der Waals surface area (Å²) in [5.74, 6) is 2.44. The molecule has 1 amide bonds. The van der Waals surface area contributed by atoms with Crippen molar-refractivity contribution in [2.24, 2.45) is 11.8 Å². The van der Waals surface area contributed by atoms with Crippen LogP contribution in [0.1, 0.15) is 15.9 Å². The van der Waals surface area contributed by atoms with Gasteiger partial charge in [0.1, 0.15) is 5.75 Å². The van der Waals surface area contributed by atoms with Crippen LogP contribution in [0.5, 0.6) is 5.75 Å². The van der Waals surface area contributed by atoms with Crippen molar-refractivity contribution < 1.29 is 9.53 Å². The largest absolute Gasteiger partial charge is 0.493 e. The maximum Gasteiger partial charge on any atom is 0.253 e. The summed E-state index contributed by atoms with van der Waals surface area (Å²) in [5, 5.41) is 3.40. The van der Waals surface area contributed by atoms with Crippen molar-refractivity contribution in [2.75, 3.05) is 32.8 Å². The van der Waals surface area contributed by atoms with Crippen LogP contribution in [0.3, 0.4) is 0 Å². The average Bonchev–Trinajstić information content (AvgIpc) is 3.11. The van der Waals surface area contributed by atoms with E-state index in [2.05, 4.69) is 5.32 Å². The molecule has 2 atom stereocenters. The zero-order valence-electron chi connectivity index (χ0n) is 10.9. The van der Waals surface area contributed by atoms with Crippen LogP contribution in [0.25, 0.3) is 0 Å². The third-order valence-electron chi connectivity index (χ3n) is 4.61. The smallest absolute Gasteiger partial charge is 0.253 e. The van der Waals surface area contributed by atoms with Crippen molar-refractivity contribution in [1.29, 1.82) is 0 Å². The molecule has 1 aromatic carbocycles. The molecule has 100 valence electrons. The standard InChI is InChI=1S/C15H18N2O2/c18-15(17-8-12-6-16-7-13(12)9-17)11-1-2-14-10(5-11)3-4-19-14/h1-2,5,12-13,16H,3-4,6-9H2/t12-,13+. The molecule has 2 fully saturated rings. The molecular formula is C15H18N2O2. The number of carbonyl (C=O) groups is 1. The normalized spacial score (nSPS) is 28.1. The topological polar surface area (TPSA) is 41.6 Å². The number of amides is 1. The van der Waals surface area contributed by atoms with E-state index < -0.39 is 0 Å². The first-order chi connectivity index (χ1) is 9.31. The average molecular weight is 258 g/mol. The Morgan fingerprint density at radius 2 is 2.05 bits per heavy atom. The van der Waals surface area contributed by atoms with Crippen molar-refractivity contribution in [3.63, 3.8) is 0 Å². The number of ether oxygens (including phenoxy) is 1. The van der Waals surface area contributed by atoms with Crippen LogP contribution < -0.4 is 10.1 Å². The Kier molecular flexibility index (Phi) is 2.52.